The highest BCUT2D eigenvalue weighted by Gasteiger charge is 2.17. The molecule has 2 aromatic rings. The Bertz CT molecular complexity index is 802. The van der Waals surface area contributed by atoms with Crippen LogP contribution in [0.1, 0.15) is 16.8 Å². The van der Waals surface area contributed by atoms with Gasteiger partial charge in [-0.25, -0.2) is 0 Å². The molecule has 156 valence electrons. The Morgan fingerprint density at radius 2 is 1.76 bits per heavy atom. The van der Waals surface area contributed by atoms with Gasteiger partial charge in [0.15, 0.2) is 11.5 Å². The van der Waals surface area contributed by atoms with Gasteiger partial charge >= 0.3 is 0 Å². The molecule has 0 atom stereocenters. The van der Waals surface area contributed by atoms with Crippen LogP contribution in [0.5, 0.6) is 17.2 Å². The van der Waals surface area contributed by atoms with Crippen molar-refractivity contribution in [1.29, 1.82) is 0 Å². The summed E-state index contributed by atoms with van der Waals surface area (Å²) in [6, 6.07) is 13.1. The van der Waals surface area contributed by atoms with Crippen molar-refractivity contribution in [2.75, 3.05) is 58.4 Å². The van der Waals surface area contributed by atoms with Gasteiger partial charge in [0.2, 0.25) is 0 Å². The van der Waals surface area contributed by atoms with E-state index in [1.165, 1.54) is 12.8 Å². The highest BCUT2D eigenvalue weighted by Crippen LogP contribution is 2.29. The smallest absolute Gasteiger partial charge is 0.255 e. The SMILES string of the molecule is COc1ccc(N2CCN(CCCNC(=O)c3cccc(OC)c3O)CC2)cc1. The summed E-state index contributed by atoms with van der Waals surface area (Å²) in [5.41, 5.74) is 1.45. The van der Waals surface area contributed by atoms with Gasteiger partial charge in [0.25, 0.3) is 5.91 Å². The van der Waals surface area contributed by atoms with Gasteiger partial charge in [-0.1, -0.05) is 6.07 Å². The molecule has 0 saturated carbocycles. The van der Waals surface area contributed by atoms with Crippen LogP contribution < -0.4 is 19.7 Å². The highest BCUT2D eigenvalue weighted by atomic mass is 16.5. The zero-order valence-electron chi connectivity index (χ0n) is 17.1. The van der Waals surface area contributed by atoms with Crippen LogP contribution in [0.15, 0.2) is 42.5 Å². The van der Waals surface area contributed by atoms with Crippen molar-refractivity contribution in [3.63, 3.8) is 0 Å². The molecule has 7 heteroatoms. The Morgan fingerprint density at radius 1 is 1.03 bits per heavy atom. The first kappa shape index (κ1) is 20.8. The number of carbonyl (C=O) groups is 1. The molecular weight excluding hydrogens is 370 g/mol. The molecule has 0 radical (unpaired) electrons. The van der Waals surface area contributed by atoms with Crippen LogP contribution in [0.25, 0.3) is 0 Å². The van der Waals surface area contributed by atoms with Gasteiger partial charge in [0, 0.05) is 38.4 Å². The number of hydrogen-bond acceptors (Lipinski definition) is 6. The normalized spacial score (nSPS) is 14.5. The van der Waals surface area contributed by atoms with Crippen LogP contribution in [0.3, 0.4) is 0 Å². The first-order valence-electron chi connectivity index (χ1n) is 9.88. The fraction of sp³-hybridized carbons (Fsp3) is 0.409. The third kappa shape index (κ3) is 5.32. The topological polar surface area (TPSA) is 74.3 Å². The molecule has 3 rings (SSSR count). The van der Waals surface area contributed by atoms with Gasteiger partial charge in [-0.3, -0.25) is 9.69 Å². The van der Waals surface area contributed by atoms with Crippen molar-refractivity contribution in [3.05, 3.63) is 48.0 Å². The number of rotatable bonds is 8. The van der Waals surface area contributed by atoms with Crippen molar-refractivity contribution in [2.24, 2.45) is 0 Å². The molecule has 1 aliphatic rings. The predicted molar refractivity (Wildman–Crippen MR) is 113 cm³/mol. The standard InChI is InChI=1S/C22H29N3O4/c1-28-18-9-7-17(8-10-18)25-15-13-24(14-16-25)12-4-11-23-22(27)19-5-3-6-20(29-2)21(19)26/h3,5-10,26H,4,11-16H2,1-2H3,(H,23,27). The van der Waals surface area contributed by atoms with Gasteiger partial charge in [-0.05, 0) is 49.4 Å². The minimum Gasteiger partial charge on any atom is -0.504 e. The molecule has 1 amide bonds. The third-order valence-electron chi connectivity index (χ3n) is 5.21. The van der Waals surface area contributed by atoms with E-state index in [1.54, 1.807) is 25.3 Å². The maximum absolute atomic E-state index is 12.3. The number of benzene rings is 2. The molecule has 2 aromatic carbocycles. The number of para-hydroxylation sites is 1. The minimum absolute atomic E-state index is 0.123. The van der Waals surface area contributed by atoms with Gasteiger partial charge in [-0.2, -0.15) is 0 Å². The summed E-state index contributed by atoms with van der Waals surface area (Å²) in [5.74, 6) is 0.761. The van der Waals surface area contributed by atoms with E-state index in [2.05, 4.69) is 27.2 Å². The molecule has 1 heterocycles. The molecular formula is C22H29N3O4. The summed E-state index contributed by atoms with van der Waals surface area (Å²) >= 11 is 0. The van der Waals surface area contributed by atoms with Crippen LogP contribution in [0.2, 0.25) is 0 Å². The Hall–Kier alpha value is -2.93. The lowest BCUT2D eigenvalue weighted by Gasteiger charge is -2.36. The average molecular weight is 399 g/mol. The highest BCUT2D eigenvalue weighted by molar-refractivity contribution is 5.97. The zero-order chi connectivity index (χ0) is 20.6. The van der Waals surface area contributed by atoms with E-state index < -0.39 is 0 Å². The van der Waals surface area contributed by atoms with Crippen molar-refractivity contribution in [1.82, 2.24) is 10.2 Å². The van der Waals surface area contributed by atoms with Crippen molar-refractivity contribution < 1.29 is 19.4 Å². The number of ether oxygens (including phenoxy) is 2. The van der Waals surface area contributed by atoms with E-state index >= 15 is 0 Å². The van der Waals surface area contributed by atoms with Crippen molar-refractivity contribution in [2.45, 2.75) is 6.42 Å². The summed E-state index contributed by atoms with van der Waals surface area (Å²) in [5, 5.41) is 12.9. The third-order valence-corrected chi connectivity index (χ3v) is 5.21. The van der Waals surface area contributed by atoms with Crippen LogP contribution in [-0.2, 0) is 0 Å². The number of phenolic OH excluding ortho intramolecular Hbond substituents is 1. The monoisotopic (exact) mass is 399 g/mol. The van der Waals surface area contributed by atoms with Gasteiger partial charge in [0.05, 0.1) is 19.8 Å². The van der Waals surface area contributed by atoms with Crippen molar-refractivity contribution in [3.8, 4) is 17.2 Å². The number of carbonyl (C=O) groups excluding carboxylic acids is 1. The number of methoxy groups -OCH3 is 2. The van der Waals surface area contributed by atoms with Crippen LogP contribution in [0, 0.1) is 0 Å². The number of phenols is 1. The Kier molecular flexibility index (Phi) is 7.19. The lowest BCUT2D eigenvalue weighted by atomic mass is 10.1. The summed E-state index contributed by atoms with van der Waals surface area (Å²) in [4.78, 5) is 17.1. The Labute approximate surface area is 171 Å². The molecule has 0 unspecified atom stereocenters. The second-order valence-electron chi connectivity index (χ2n) is 6.99. The Balaban J connectivity index is 1.38. The zero-order valence-corrected chi connectivity index (χ0v) is 17.1. The van der Waals surface area contributed by atoms with E-state index in [4.69, 9.17) is 9.47 Å². The van der Waals surface area contributed by atoms with E-state index in [1.807, 2.05) is 12.1 Å². The molecule has 0 aliphatic carbocycles. The fourth-order valence-electron chi connectivity index (χ4n) is 3.49. The number of hydrogen-bond donors (Lipinski definition) is 2. The van der Waals surface area contributed by atoms with E-state index in [-0.39, 0.29) is 17.2 Å². The van der Waals surface area contributed by atoms with Gasteiger partial charge < -0.3 is 24.8 Å². The number of aromatic hydroxyl groups is 1. The van der Waals surface area contributed by atoms with E-state index in [9.17, 15) is 9.90 Å². The number of piperazine rings is 1. The summed E-state index contributed by atoms with van der Waals surface area (Å²) < 4.78 is 10.3. The number of amides is 1. The second kappa shape index (κ2) is 10.0. The molecule has 0 aromatic heterocycles. The predicted octanol–water partition coefficient (Wildman–Crippen LogP) is 2.35. The maximum Gasteiger partial charge on any atom is 0.255 e. The molecule has 7 nitrogen and oxygen atoms in total. The maximum atomic E-state index is 12.3. The molecule has 29 heavy (non-hydrogen) atoms. The number of anilines is 1. The number of nitrogens with one attached hydrogen (secondary N) is 1. The van der Waals surface area contributed by atoms with E-state index in [0.717, 1.165) is 44.9 Å². The lowest BCUT2D eigenvalue weighted by Crippen LogP contribution is -2.47. The van der Waals surface area contributed by atoms with Crippen LogP contribution in [-0.4, -0.2) is 69.4 Å². The fourth-order valence-corrected chi connectivity index (χ4v) is 3.49. The van der Waals surface area contributed by atoms with Gasteiger partial charge in [-0.15, -0.1) is 0 Å². The van der Waals surface area contributed by atoms with Crippen LogP contribution >= 0.6 is 0 Å². The molecule has 1 saturated heterocycles. The largest absolute Gasteiger partial charge is 0.504 e. The number of nitrogens with zero attached hydrogens (tertiary/aromatic N) is 2. The Morgan fingerprint density at radius 3 is 2.41 bits per heavy atom. The second-order valence-corrected chi connectivity index (χ2v) is 6.99. The molecule has 0 bridgehead atoms. The van der Waals surface area contributed by atoms with Gasteiger partial charge in [0.1, 0.15) is 5.75 Å². The molecule has 1 aliphatic heterocycles. The quantitative estimate of drug-likeness (QED) is 0.664. The molecule has 2 N–H and O–H groups in total. The van der Waals surface area contributed by atoms with Crippen LogP contribution in [0.4, 0.5) is 5.69 Å². The first-order chi connectivity index (χ1) is 14.1. The van der Waals surface area contributed by atoms with Crippen molar-refractivity contribution >= 4 is 11.6 Å². The van der Waals surface area contributed by atoms with E-state index in [0.29, 0.717) is 12.3 Å². The first-order valence-corrected chi connectivity index (χ1v) is 9.88. The molecule has 0 spiro atoms. The summed E-state index contributed by atoms with van der Waals surface area (Å²) in [6.45, 7) is 5.45. The summed E-state index contributed by atoms with van der Waals surface area (Å²) in [6.07, 6.45) is 0.860. The molecule has 1 fully saturated rings. The minimum atomic E-state index is -0.286. The summed E-state index contributed by atoms with van der Waals surface area (Å²) in [7, 11) is 3.14. The lowest BCUT2D eigenvalue weighted by molar-refractivity contribution is 0.0948. The average Bonchev–Trinajstić information content (AvgIpc) is 2.77.